The van der Waals surface area contributed by atoms with Gasteiger partial charge in [-0.05, 0) is 31.0 Å². The Morgan fingerprint density at radius 2 is 2.11 bits per heavy atom. The third-order valence-electron chi connectivity index (χ3n) is 2.76. The molecule has 0 aliphatic carbocycles. The first-order valence-corrected chi connectivity index (χ1v) is 6.27. The van der Waals surface area contributed by atoms with E-state index in [-0.39, 0.29) is 12.3 Å². The quantitative estimate of drug-likeness (QED) is 0.939. The summed E-state index contributed by atoms with van der Waals surface area (Å²) in [7, 11) is 0. The minimum Gasteiger partial charge on any atom is -0.370 e. The van der Waals surface area contributed by atoms with E-state index in [9.17, 15) is 4.79 Å². The molecule has 2 N–H and O–H groups in total. The zero-order valence-electron chi connectivity index (χ0n) is 9.84. The van der Waals surface area contributed by atoms with Gasteiger partial charge in [-0.15, -0.1) is 0 Å². The first kappa shape index (κ1) is 13.1. The van der Waals surface area contributed by atoms with Crippen LogP contribution in [-0.4, -0.2) is 10.9 Å². The van der Waals surface area contributed by atoms with E-state index in [1.165, 1.54) is 0 Å². The summed E-state index contributed by atoms with van der Waals surface area (Å²) in [6.07, 6.45) is 0.783. The smallest absolute Gasteiger partial charge is 0.217 e. The Balaban J connectivity index is 2.52. The highest BCUT2D eigenvalue weighted by molar-refractivity contribution is 6.45. The Kier molecular flexibility index (Phi) is 3.73. The first-order valence-electron chi connectivity index (χ1n) is 5.51. The van der Waals surface area contributed by atoms with Gasteiger partial charge in [-0.1, -0.05) is 29.3 Å². The third-order valence-corrected chi connectivity index (χ3v) is 3.55. The molecule has 18 heavy (non-hydrogen) atoms. The molecule has 0 saturated heterocycles. The van der Waals surface area contributed by atoms with Crippen molar-refractivity contribution in [3.05, 3.63) is 39.5 Å². The largest absolute Gasteiger partial charge is 0.370 e. The lowest BCUT2D eigenvalue weighted by Crippen LogP contribution is -2.11. The van der Waals surface area contributed by atoms with Crippen molar-refractivity contribution in [1.82, 2.24) is 4.98 Å². The highest BCUT2D eigenvalue weighted by atomic mass is 35.5. The predicted octanol–water partition coefficient (Wildman–Crippen LogP) is 3.27. The lowest BCUT2D eigenvalue weighted by molar-refractivity contribution is -0.118. The summed E-state index contributed by atoms with van der Waals surface area (Å²) in [6.45, 7) is 1.97. The van der Waals surface area contributed by atoms with E-state index >= 15 is 0 Å². The van der Waals surface area contributed by atoms with Gasteiger partial charge >= 0.3 is 0 Å². The molecule has 0 bridgehead atoms. The van der Waals surface area contributed by atoms with Crippen LogP contribution >= 0.6 is 23.2 Å². The molecule has 0 fully saturated rings. The summed E-state index contributed by atoms with van der Waals surface area (Å²) in [6, 6.07) is 5.59. The maximum atomic E-state index is 10.8. The second-order valence-corrected chi connectivity index (χ2v) is 4.94. The lowest BCUT2D eigenvalue weighted by Gasteiger charge is -2.08. The van der Waals surface area contributed by atoms with Gasteiger partial charge in [0.2, 0.25) is 5.91 Å². The summed E-state index contributed by atoms with van der Waals surface area (Å²) in [5.74, 6) is -0.341. The van der Waals surface area contributed by atoms with Crippen molar-refractivity contribution in [3.8, 4) is 0 Å². The monoisotopic (exact) mass is 282 g/mol. The summed E-state index contributed by atoms with van der Waals surface area (Å²) in [4.78, 5) is 15.2. The zero-order chi connectivity index (χ0) is 13.3. The molecule has 1 amide bonds. The molecule has 0 radical (unpaired) electrons. The minimum absolute atomic E-state index is 0.274. The zero-order valence-corrected chi connectivity index (χ0v) is 11.3. The summed E-state index contributed by atoms with van der Waals surface area (Å²) < 4.78 is 0. The van der Waals surface area contributed by atoms with Crippen LogP contribution in [0.25, 0.3) is 10.9 Å². The van der Waals surface area contributed by atoms with Crippen LogP contribution in [0.2, 0.25) is 10.0 Å². The first-order chi connectivity index (χ1) is 8.49. The number of primary amides is 1. The molecule has 5 heteroatoms. The summed E-state index contributed by atoms with van der Waals surface area (Å²) >= 11 is 12.1. The second kappa shape index (κ2) is 5.12. The van der Waals surface area contributed by atoms with Crippen LogP contribution in [0.4, 0.5) is 0 Å². The van der Waals surface area contributed by atoms with E-state index in [0.717, 1.165) is 16.6 Å². The fourth-order valence-electron chi connectivity index (χ4n) is 1.85. The van der Waals surface area contributed by atoms with E-state index in [1.54, 1.807) is 6.07 Å². The minimum atomic E-state index is -0.341. The van der Waals surface area contributed by atoms with Gasteiger partial charge in [0.1, 0.15) is 0 Å². The Labute approximate surface area is 115 Å². The summed E-state index contributed by atoms with van der Waals surface area (Å²) in [5.41, 5.74) is 7.65. The number of carbonyl (C=O) groups excluding carboxylic acids is 1. The van der Waals surface area contributed by atoms with Gasteiger partial charge in [-0.3, -0.25) is 9.78 Å². The Morgan fingerprint density at radius 3 is 2.78 bits per heavy atom. The van der Waals surface area contributed by atoms with Crippen LogP contribution in [0.15, 0.2) is 18.2 Å². The number of halogens is 2. The molecule has 2 rings (SSSR count). The van der Waals surface area contributed by atoms with Crippen LogP contribution in [0.5, 0.6) is 0 Å². The van der Waals surface area contributed by atoms with Gasteiger partial charge in [0.25, 0.3) is 0 Å². The van der Waals surface area contributed by atoms with Crippen LogP contribution in [0, 0.1) is 6.92 Å². The molecule has 3 nitrogen and oxygen atoms in total. The number of hydrogen-bond donors (Lipinski definition) is 1. The van der Waals surface area contributed by atoms with Crippen LogP contribution in [0.3, 0.4) is 0 Å². The molecule has 0 atom stereocenters. The highest BCUT2D eigenvalue weighted by Gasteiger charge is 2.09. The van der Waals surface area contributed by atoms with Crippen molar-refractivity contribution in [2.45, 2.75) is 19.8 Å². The molecule has 1 aromatic carbocycles. The number of nitrogens with zero attached hydrogens (tertiary/aromatic N) is 1. The number of hydrogen-bond acceptors (Lipinski definition) is 2. The average Bonchev–Trinajstić information content (AvgIpc) is 2.32. The van der Waals surface area contributed by atoms with Crippen molar-refractivity contribution >= 4 is 40.0 Å². The number of nitrogens with two attached hydrogens (primary N) is 1. The molecule has 0 aliphatic heterocycles. The number of rotatable bonds is 3. The third kappa shape index (κ3) is 2.57. The average molecular weight is 283 g/mol. The normalized spacial score (nSPS) is 10.8. The number of amides is 1. The van der Waals surface area contributed by atoms with E-state index in [4.69, 9.17) is 28.9 Å². The Hall–Kier alpha value is -1.32. The Bertz CT molecular complexity index is 626. The molecule has 0 aliphatic rings. The van der Waals surface area contributed by atoms with Gasteiger partial charge in [0, 0.05) is 17.5 Å². The van der Waals surface area contributed by atoms with Gasteiger partial charge in [-0.25, -0.2) is 0 Å². The van der Waals surface area contributed by atoms with E-state index in [1.807, 2.05) is 19.1 Å². The van der Waals surface area contributed by atoms with Gasteiger partial charge < -0.3 is 5.73 Å². The Morgan fingerprint density at radius 1 is 1.39 bits per heavy atom. The van der Waals surface area contributed by atoms with Crippen molar-refractivity contribution in [2.75, 3.05) is 0 Å². The number of aromatic nitrogens is 1. The molecule has 0 saturated carbocycles. The van der Waals surface area contributed by atoms with Gasteiger partial charge in [-0.2, -0.15) is 0 Å². The number of carbonyl (C=O) groups is 1. The molecule has 2 aromatic rings. The SMILES string of the molecule is Cc1cc(CCC(N)=O)nc2c(Cl)c(Cl)ccc12. The van der Waals surface area contributed by atoms with Crippen LogP contribution in [-0.2, 0) is 11.2 Å². The van der Waals surface area contributed by atoms with Crippen molar-refractivity contribution in [1.29, 1.82) is 0 Å². The van der Waals surface area contributed by atoms with Gasteiger partial charge in [0.05, 0.1) is 15.6 Å². The lowest BCUT2D eigenvalue weighted by atomic mass is 10.1. The molecule has 94 valence electrons. The standard InChI is InChI=1S/C13H12Cl2N2O/c1-7-6-8(2-5-11(16)18)17-13-9(7)3-4-10(14)12(13)15/h3-4,6H,2,5H2,1H3,(H2,16,18). The number of aryl methyl sites for hydroxylation is 2. The molecular formula is C13H12Cl2N2O. The molecule has 0 unspecified atom stereocenters. The molecule has 1 aromatic heterocycles. The molecular weight excluding hydrogens is 271 g/mol. The highest BCUT2D eigenvalue weighted by Crippen LogP contribution is 2.31. The van der Waals surface area contributed by atoms with Crippen LogP contribution < -0.4 is 5.73 Å². The van der Waals surface area contributed by atoms with Crippen LogP contribution in [0.1, 0.15) is 17.7 Å². The second-order valence-electron chi connectivity index (χ2n) is 4.15. The van der Waals surface area contributed by atoms with E-state index in [0.29, 0.717) is 22.0 Å². The maximum absolute atomic E-state index is 10.8. The van der Waals surface area contributed by atoms with Gasteiger partial charge in [0.15, 0.2) is 0 Å². The predicted molar refractivity (Wildman–Crippen MR) is 74.0 cm³/mol. The van der Waals surface area contributed by atoms with Crippen molar-refractivity contribution in [3.63, 3.8) is 0 Å². The fraction of sp³-hybridized carbons (Fsp3) is 0.231. The maximum Gasteiger partial charge on any atom is 0.217 e. The topological polar surface area (TPSA) is 56.0 Å². The van der Waals surface area contributed by atoms with E-state index < -0.39 is 0 Å². The number of fused-ring (bicyclic) bond motifs is 1. The van der Waals surface area contributed by atoms with E-state index in [2.05, 4.69) is 4.98 Å². The van der Waals surface area contributed by atoms with Crippen molar-refractivity contribution < 1.29 is 4.79 Å². The fourth-order valence-corrected chi connectivity index (χ4v) is 2.21. The number of pyridine rings is 1. The number of benzene rings is 1. The molecule has 1 heterocycles. The van der Waals surface area contributed by atoms with Crippen molar-refractivity contribution in [2.24, 2.45) is 5.73 Å². The summed E-state index contributed by atoms with van der Waals surface area (Å²) in [5, 5.41) is 1.88. The molecule has 0 spiro atoms.